The molecule has 0 aromatic carbocycles. The third-order valence-corrected chi connectivity index (χ3v) is 17.7. The summed E-state index contributed by atoms with van der Waals surface area (Å²) < 4.78 is 68.1. The summed E-state index contributed by atoms with van der Waals surface area (Å²) in [6.07, 6.45) is -0.555. The second-order valence-electron chi connectivity index (χ2n) is 15.8. The standard InChI is InChI=1S/C38H42O10S5/c1-37(2,3)35-25-23(45-13-15-47-25)33(52-35)31-21-19(41-9-11-43-21)29(50-31)27-17-18(40-8-7-39-17)28(49-27)30-20-22(44-12-10-42-20)32(51-30)34-24-26(48-16-14-46-24)36(53-34)38(4,5)6/h19,21,35-36H,7-16H2,1-6H3/b29-27+,30-28+,33-31+,34-32+. The first-order valence-electron chi connectivity index (χ1n) is 18.2. The van der Waals surface area contributed by atoms with Crippen LogP contribution >= 0.6 is 58.0 Å². The van der Waals surface area contributed by atoms with Crippen LogP contribution in [0.2, 0.25) is 0 Å². The van der Waals surface area contributed by atoms with Crippen LogP contribution in [-0.4, -0.2) is 88.8 Å². The Kier molecular flexibility index (Phi) is 8.73. The van der Waals surface area contributed by atoms with E-state index in [1.807, 2.05) is 11.8 Å². The molecule has 53 heavy (non-hydrogen) atoms. The lowest BCUT2D eigenvalue weighted by molar-refractivity contribution is -0.0949. The maximum absolute atomic E-state index is 6.56. The van der Waals surface area contributed by atoms with Crippen molar-refractivity contribution in [2.75, 3.05) is 66.1 Å². The Hall–Kier alpha value is -2.27. The molecule has 0 bridgehead atoms. The smallest absolute Gasteiger partial charge is 0.181 e. The van der Waals surface area contributed by atoms with Crippen LogP contribution in [0.15, 0.2) is 32.8 Å². The third kappa shape index (κ3) is 5.72. The van der Waals surface area contributed by atoms with E-state index < -0.39 is 0 Å². The predicted molar refractivity (Wildman–Crippen MR) is 208 cm³/mol. The number of ether oxygens (including phenoxy) is 10. The predicted octanol–water partition coefficient (Wildman–Crippen LogP) is 6.44. The molecule has 4 unspecified atom stereocenters. The van der Waals surface area contributed by atoms with Gasteiger partial charge in [0.05, 0.1) is 51.7 Å². The van der Waals surface area contributed by atoms with Crippen molar-refractivity contribution in [3.8, 4) is 23.0 Å². The number of rotatable bonds is 0. The first-order valence-corrected chi connectivity index (χ1v) is 22.4. The van der Waals surface area contributed by atoms with Gasteiger partial charge < -0.3 is 47.4 Å². The van der Waals surface area contributed by atoms with Gasteiger partial charge in [0.1, 0.15) is 65.1 Å². The summed E-state index contributed by atoms with van der Waals surface area (Å²) in [4.78, 5) is 4.30. The fourth-order valence-corrected chi connectivity index (χ4v) is 14.7. The molecule has 0 amide bonds. The zero-order valence-corrected chi connectivity index (χ0v) is 34.6. The summed E-state index contributed by atoms with van der Waals surface area (Å²) in [5, 5.41) is 0.259. The number of thiophene rings is 2. The molecule has 4 atom stereocenters. The van der Waals surface area contributed by atoms with Gasteiger partial charge >= 0.3 is 0 Å². The molecule has 8 aliphatic rings. The normalized spacial score (nSPS) is 32.0. The Bertz CT molecular complexity index is 2200. The van der Waals surface area contributed by atoms with Gasteiger partial charge in [-0.25, -0.2) is 0 Å². The molecule has 284 valence electrons. The lowest BCUT2D eigenvalue weighted by Crippen LogP contribution is -2.37. The van der Waals surface area contributed by atoms with Crippen LogP contribution in [0.4, 0.5) is 0 Å². The number of thioether (sulfide) groups is 3. The summed E-state index contributed by atoms with van der Waals surface area (Å²) in [7, 11) is 0. The van der Waals surface area contributed by atoms with Gasteiger partial charge in [0.2, 0.25) is 0 Å². The second-order valence-corrected chi connectivity index (χ2v) is 21.2. The summed E-state index contributed by atoms with van der Waals surface area (Å²) in [6.45, 7) is 18.5. The van der Waals surface area contributed by atoms with Crippen molar-refractivity contribution < 1.29 is 47.4 Å². The van der Waals surface area contributed by atoms with Crippen LogP contribution in [-0.2, 0) is 28.4 Å². The number of hydrogen-bond donors (Lipinski definition) is 0. The highest BCUT2D eigenvalue weighted by molar-refractivity contribution is 8.13. The summed E-state index contributed by atoms with van der Waals surface area (Å²) >= 11 is 8.65. The zero-order chi connectivity index (χ0) is 36.2. The van der Waals surface area contributed by atoms with Crippen LogP contribution in [0.5, 0.6) is 23.0 Å². The maximum atomic E-state index is 6.56. The maximum Gasteiger partial charge on any atom is 0.181 e. The molecule has 8 aliphatic heterocycles. The molecule has 2 aromatic heterocycles. The molecule has 10 heterocycles. The average molecular weight is 819 g/mol. The monoisotopic (exact) mass is 818 g/mol. The Balaban J connectivity index is 1.20. The molecule has 0 saturated carbocycles. The van der Waals surface area contributed by atoms with E-state index in [0.29, 0.717) is 66.1 Å². The Morgan fingerprint density at radius 2 is 0.849 bits per heavy atom. The molecule has 2 fully saturated rings. The highest BCUT2D eigenvalue weighted by Gasteiger charge is 2.50. The van der Waals surface area contributed by atoms with E-state index >= 15 is 0 Å². The van der Waals surface area contributed by atoms with E-state index in [0.717, 1.165) is 83.8 Å². The van der Waals surface area contributed by atoms with Gasteiger partial charge in [0.15, 0.2) is 46.0 Å². The van der Waals surface area contributed by atoms with Crippen molar-refractivity contribution >= 4 is 67.8 Å². The fourth-order valence-electron chi connectivity index (χ4n) is 7.57. The molecule has 0 spiro atoms. The van der Waals surface area contributed by atoms with Crippen molar-refractivity contribution in [1.29, 1.82) is 0 Å². The first-order chi connectivity index (χ1) is 25.6. The van der Waals surface area contributed by atoms with Gasteiger partial charge in [-0.2, -0.15) is 0 Å². The Morgan fingerprint density at radius 1 is 0.434 bits per heavy atom. The van der Waals surface area contributed by atoms with Gasteiger partial charge in [0, 0.05) is 9.81 Å². The lowest BCUT2D eigenvalue weighted by atomic mass is 9.90. The quantitative estimate of drug-likeness (QED) is 0.293. The van der Waals surface area contributed by atoms with Crippen molar-refractivity contribution in [1.82, 2.24) is 0 Å². The van der Waals surface area contributed by atoms with Crippen molar-refractivity contribution in [3.63, 3.8) is 0 Å². The van der Waals surface area contributed by atoms with Crippen LogP contribution < -0.4 is 28.0 Å². The Labute approximate surface area is 328 Å². The molecule has 0 N–H and O–H groups in total. The SMILES string of the molecule is CC(C)(C)C1S/C(=C2/S/C(=c3/s/c(=c4/s/c(=C5/SC(C(C)(C)C)C6=C5OCCO6)c5c4OCCO5)c4c3OCCO4)C3OCCOC23)C2=C1OCCO2. The van der Waals surface area contributed by atoms with Crippen LogP contribution in [0.1, 0.15) is 41.5 Å². The molecule has 15 heteroatoms. The topological polar surface area (TPSA) is 92.3 Å². The van der Waals surface area contributed by atoms with E-state index in [2.05, 4.69) is 41.5 Å². The summed E-state index contributed by atoms with van der Waals surface area (Å²) in [5.41, 5.74) is -0.0634. The second kappa shape index (κ2) is 13.2. The Morgan fingerprint density at radius 3 is 1.40 bits per heavy atom. The first kappa shape index (κ1) is 35.2. The van der Waals surface area contributed by atoms with E-state index in [9.17, 15) is 0 Å². The molecule has 2 aromatic rings. The third-order valence-electron chi connectivity index (χ3n) is 9.90. The van der Waals surface area contributed by atoms with Crippen molar-refractivity contribution in [2.45, 2.75) is 64.3 Å². The van der Waals surface area contributed by atoms with Gasteiger partial charge in [-0.1, -0.05) is 53.3 Å². The molecular weight excluding hydrogens is 777 g/mol. The minimum atomic E-state index is -0.291. The molecule has 10 nitrogen and oxygen atoms in total. The minimum absolute atomic E-state index is 0.0258. The number of hydrogen-bond acceptors (Lipinski definition) is 15. The van der Waals surface area contributed by atoms with E-state index in [1.165, 1.54) is 0 Å². The molecule has 10 rings (SSSR count). The van der Waals surface area contributed by atoms with E-state index in [4.69, 9.17) is 47.4 Å². The van der Waals surface area contributed by atoms with Gasteiger partial charge in [-0.05, 0) is 10.8 Å². The summed E-state index contributed by atoms with van der Waals surface area (Å²) in [5.74, 6) is 6.49. The molecule has 0 aliphatic carbocycles. The van der Waals surface area contributed by atoms with Crippen molar-refractivity contribution in [3.05, 3.63) is 51.0 Å². The van der Waals surface area contributed by atoms with Gasteiger partial charge in [-0.15, -0.1) is 46.2 Å². The summed E-state index contributed by atoms with van der Waals surface area (Å²) in [6, 6.07) is 0. The number of fused-ring (bicyclic) bond motifs is 3. The fraction of sp³-hybridized carbons (Fsp3) is 0.579. The van der Waals surface area contributed by atoms with E-state index in [-0.39, 0.29) is 33.5 Å². The zero-order valence-electron chi connectivity index (χ0n) is 30.5. The van der Waals surface area contributed by atoms with E-state index in [1.54, 1.807) is 46.2 Å². The average Bonchev–Trinajstić information content (AvgIpc) is 3.97. The van der Waals surface area contributed by atoms with Crippen LogP contribution in [0.3, 0.4) is 0 Å². The lowest BCUT2D eigenvalue weighted by Gasteiger charge is -2.29. The van der Waals surface area contributed by atoms with Crippen LogP contribution in [0.25, 0.3) is 9.81 Å². The molecular formula is C38H42O10S5. The highest BCUT2D eigenvalue weighted by atomic mass is 32.2. The largest absolute Gasteiger partial charge is 0.489 e. The van der Waals surface area contributed by atoms with Crippen molar-refractivity contribution in [2.24, 2.45) is 10.8 Å². The molecule has 0 radical (unpaired) electrons. The van der Waals surface area contributed by atoms with Crippen LogP contribution in [0, 0.1) is 19.9 Å². The highest BCUT2D eigenvalue weighted by Crippen LogP contribution is 2.59. The van der Waals surface area contributed by atoms with Gasteiger partial charge in [0.25, 0.3) is 0 Å². The van der Waals surface area contributed by atoms with Gasteiger partial charge in [-0.3, -0.25) is 0 Å². The molecule has 2 saturated heterocycles. The minimum Gasteiger partial charge on any atom is -0.489 e.